The van der Waals surface area contributed by atoms with Crippen molar-refractivity contribution < 1.29 is 0 Å². The van der Waals surface area contributed by atoms with Gasteiger partial charge in [0.2, 0.25) is 0 Å². The summed E-state index contributed by atoms with van der Waals surface area (Å²) in [5.41, 5.74) is 9.14. The minimum absolute atomic E-state index is 0.397. The summed E-state index contributed by atoms with van der Waals surface area (Å²) in [5.74, 6) is 2.45. The van der Waals surface area contributed by atoms with Crippen molar-refractivity contribution in [3.05, 3.63) is 84.6 Å². The minimum Gasteiger partial charge on any atom is -0.342 e. The van der Waals surface area contributed by atoms with E-state index in [2.05, 4.69) is 107 Å². The zero-order valence-electron chi connectivity index (χ0n) is 18.1. The van der Waals surface area contributed by atoms with E-state index in [9.17, 15) is 0 Å². The molecule has 4 heteroatoms. The third-order valence-corrected chi connectivity index (χ3v) is 5.76. The number of aryl methyl sites for hydroxylation is 1. The lowest BCUT2D eigenvalue weighted by atomic mass is 9.99. The zero-order chi connectivity index (χ0) is 21.4. The van der Waals surface area contributed by atoms with Gasteiger partial charge in [-0.25, -0.2) is 9.97 Å². The van der Waals surface area contributed by atoms with Crippen LogP contribution in [0.4, 0.5) is 0 Å². The number of hydrogen-bond acceptors (Lipinski definition) is 2. The second kappa shape index (κ2) is 7.88. The molecule has 0 amide bonds. The molecule has 0 saturated heterocycles. The van der Waals surface area contributed by atoms with Crippen LogP contribution < -0.4 is 0 Å². The summed E-state index contributed by atoms with van der Waals surface area (Å²) in [6, 6.07) is 23.8. The highest BCUT2D eigenvalue weighted by Gasteiger charge is 2.08. The molecule has 0 aliphatic rings. The molecule has 0 atom stereocenters. The van der Waals surface area contributed by atoms with Gasteiger partial charge in [0.15, 0.2) is 0 Å². The predicted octanol–water partition coefficient (Wildman–Crippen LogP) is 6.97. The summed E-state index contributed by atoms with van der Waals surface area (Å²) in [6.07, 6.45) is 2.83. The van der Waals surface area contributed by atoms with Gasteiger partial charge in [0.25, 0.3) is 0 Å². The van der Waals surface area contributed by atoms with Gasteiger partial charge in [0, 0.05) is 12.3 Å². The van der Waals surface area contributed by atoms with Crippen molar-refractivity contribution in [2.75, 3.05) is 0 Å². The number of aromatic amines is 2. The van der Waals surface area contributed by atoms with Crippen LogP contribution >= 0.6 is 0 Å². The average molecular weight is 407 g/mol. The third-order valence-electron chi connectivity index (χ3n) is 5.76. The molecule has 0 saturated carbocycles. The number of imidazole rings is 2. The highest BCUT2D eigenvalue weighted by atomic mass is 14.9. The Morgan fingerprint density at radius 2 is 1.32 bits per heavy atom. The number of rotatable bonds is 5. The standard InChI is InChI=1S/C27H26N4/c1-4-26-29-23-14-13-22(15-24(23)30-26)20-7-5-18(6-8-20)19-9-11-21(12-10-19)25-16-28-27(31-25)17(2)3/h5-17H,4H2,1-3H3,(H,28,31)(H,29,30). The largest absolute Gasteiger partial charge is 0.342 e. The van der Waals surface area contributed by atoms with Gasteiger partial charge in [-0.15, -0.1) is 0 Å². The van der Waals surface area contributed by atoms with Crippen LogP contribution in [-0.2, 0) is 6.42 Å². The highest BCUT2D eigenvalue weighted by molar-refractivity contribution is 5.82. The number of hydrogen-bond donors (Lipinski definition) is 2. The smallest absolute Gasteiger partial charge is 0.109 e. The molecule has 0 bridgehead atoms. The number of benzene rings is 3. The summed E-state index contributed by atoms with van der Waals surface area (Å²) in [6.45, 7) is 6.40. The normalized spacial score (nSPS) is 11.5. The monoisotopic (exact) mass is 406 g/mol. The van der Waals surface area contributed by atoms with E-state index in [1.54, 1.807) is 0 Å². The molecule has 2 N–H and O–H groups in total. The highest BCUT2D eigenvalue weighted by Crippen LogP contribution is 2.28. The maximum Gasteiger partial charge on any atom is 0.109 e. The molecule has 0 aliphatic carbocycles. The molecule has 5 aromatic rings. The van der Waals surface area contributed by atoms with Crippen molar-refractivity contribution in [2.45, 2.75) is 33.1 Å². The number of fused-ring (bicyclic) bond motifs is 1. The van der Waals surface area contributed by atoms with Crippen LogP contribution in [0.3, 0.4) is 0 Å². The van der Waals surface area contributed by atoms with Gasteiger partial charge in [-0.1, -0.05) is 75.4 Å². The fourth-order valence-corrected chi connectivity index (χ4v) is 3.88. The second-order valence-electron chi connectivity index (χ2n) is 8.26. The van der Waals surface area contributed by atoms with Gasteiger partial charge >= 0.3 is 0 Å². The van der Waals surface area contributed by atoms with E-state index in [1.165, 1.54) is 22.3 Å². The Kier molecular flexibility index (Phi) is 4.91. The van der Waals surface area contributed by atoms with Crippen molar-refractivity contribution in [3.8, 4) is 33.5 Å². The van der Waals surface area contributed by atoms with E-state index < -0.39 is 0 Å². The molecular formula is C27H26N4. The molecule has 0 unspecified atom stereocenters. The van der Waals surface area contributed by atoms with Gasteiger partial charge in [-0.2, -0.15) is 0 Å². The van der Waals surface area contributed by atoms with Crippen LogP contribution in [0.2, 0.25) is 0 Å². The molecule has 2 heterocycles. The molecule has 4 nitrogen and oxygen atoms in total. The maximum atomic E-state index is 4.60. The van der Waals surface area contributed by atoms with E-state index in [1.807, 2.05) is 6.20 Å². The third kappa shape index (κ3) is 3.77. The van der Waals surface area contributed by atoms with Gasteiger partial charge in [-0.3, -0.25) is 0 Å². The number of H-pyrrole nitrogens is 2. The lowest BCUT2D eigenvalue weighted by Crippen LogP contribution is -1.89. The van der Waals surface area contributed by atoms with Gasteiger partial charge in [-0.05, 0) is 39.9 Å². The molecule has 31 heavy (non-hydrogen) atoms. The summed E-state index contributed by atoms with van der Waals surface area (Å²) in [4.78, 5) is 15.9. The summed E-state index contributed by atoms with van der Waals surface area (Å²) < 4.78 is 0. The SMILES string of the molecule is CCc1nc2ccc(-c3ccc(-c4ccc(-c5cnc(C(C)C)[nH]5)cc4)cc3)cc2[nH]1. The molecule has 0 radical (unpaired) electrons. The first kappa shape index (κ1) is 19.3. The fraction of sp³-hybridized carbons (Fsp3) is 0.185. The van der Waals surface area contributed by atoms with Crippen LogP contribution in [-0.4, -0.2) is 19.9 Å². The Labute approximate surface area is 182 Å². The number of nitrogens with zero attached hydrogens (tertiary/aromatic N) is 2. The number of aromatic nitrogens is 4. The van der Waals surface area contributed by atoms with Crippen molar-refractivity contribution >= 4 is 11.0 Å². The molecule has 0 fully saturated rings. The van der Waals surface area contributed by atoms with Gasteiger partial charge in [0.05, 0.1) is 22.9 Å². The average Bonchev–Trinajstić information content (AvgIpc) is 3.46. The van der Waals surface area contributed by atoms with E-state index >= 15 is 0 Å². The molecule has 154 valence electrons. The van der Waals surface area contributed by atoms with E-state index in [0.717, 1.165) is 40.4 Å². The Balaban J connectivity index is 1.38. The van der Waals surface area contributed by atoms with Crippen molar-refractivity contribution in [1.29, 1.82) is 0 Å². The van der Waals surface area contributed by atoms with Crippen molar-refractivity contribution in [1.82, 2.24) is 19.9 Å². The lowest BCUT2D eigenvalue weighted by Gasteiger charge is -2.06. The van der Waals surface area contributed by atoms with Crippen molar-refractivity contribution in [3.63, 3.8) is 0 Å². The summed E-state index contributed by atoms with van der Waals surface area (Å²) >= 11 is 0. The fourth-order valence-electron chi connectivity index (χ4n) is 3.88. The van der Waals surface area contributed by atoms with Crippen LogP contribution in [0.25, 0.3) is 44.5 Å². The van der Waals surface area contributed by atoms with Crippen LogP contribution in [0.15, 0.2) is 72.9 Å². The van der Waals surface area contributed by atoms with E-state index in [4.69, 9.17) is 0 Å². The van der Waals surface area contributed by atoms with Gasteiger partial charge in [0.1, 0.15) is 11.6 Å². The Hall–Kier alpha value is -3.66. The molecule has 0 spiro atoms. The molecular weight excluding hydrogens is 380 g/mol. The first-order chi connectivity index (χ1) is 15.1. The number of nitrogens with one attached hydrogen (secondary N) is 2. The Morgan fingerprint density at radius 1 is 0.742 bits per heavy atom. The molecule has 5 rings (SSSR count). The van der Waals surface area contributed by atoms with Gasteiger partial charge < -0.3 is 9.97 Å². The summed E-state index contributed by atoms with van der Waals surface area (Å²) in [5, 5.41) is 0. The Bertz CT molecular complexity index is 1320. The molecule has 3 aromatic carbocycles. The van der Waals surface area contributed by atoms with Crippen LogP contribution in [0.1, 0.15) is 38.3 Å². The topological polar surface area (TPSA) is 57.4 Å². The first-order valence-corrected chi connectivity index (χ1v) is 10.9. The van der Waals surface area contributed by atoms with E-state index in [-0.39, 0.29) is 0 Å². The van der Waals surface area contributed by atoms with Crippen molar-refractivity contribution in [2.24, 2.45) is 0 Å². The first-order valence-electron chi connectivity index (χ1n) is 10.9. The second-order valence-corrected chi connectivity index (χ2v) is 8.26. The maximum absolute atomic E-state index is 4.60. The predicted molar refractivity (Wildman–Crippen MR) is 128 cm³/mol. The lowest BCUT2D eigenvalue weighted by molar-refractivity contribution is 0.795. The van der Waals surface area contributed by atoms with Crippen LogP contribution in [0, 0.1) is 0 Å². The molecule has 2 aromatic heterocycles. The Morgan fingerprint density at radius 3 is 1.90 bits per heavy atom. The minimum atomic E-state index is 0.397. The molecule has 0 aliphatic heterocycles. The zero-order valence-corrected chi connectivity index (χ0v) is 18.1. The summed E-state index contributed by atoms with van der Waals surface area (Å²) in [7, 11) is 0. The quantitative estimate of drug-likeness (QED) is 0.331. The van der Waals surface area contributed by atoms with E-state index in [0.29, 0.717) is 5.92 Å². The van der Waals surface area contributed by atoms with Crippen LogP contribution in [0.5, 0.6) is 0 Å².